The number of esters is 1. The summed E-state index contributed by atoms with van der Waals surface area (Å²) in [7, 11) is 0. The smallest absolute Gasteiger partial charge is 0.302 e. The molecule has 80 valence electrons. The van der Waals surface area contributed by atoms with Gasteiger partial charge in [0.05, 0.1) is 0 Å². The largest absolute Gasteiger partial charge is 0.462 e. The molecule has 0 spiro atoms. The van der Waals surface area contributed by atoms with Crippen molar-refractivity contribution < 1.29 is 9.53 Å². The fraction of sp³-hybridized carbons (Fsp3) is 0.917. The number of rotatable bonds is 1. The molecule has 0 heterocycles. The minimum absolute atomic E-state index is 0.125. The Hall–Kier alpha value is -0.530. The van der Waals surface area contributed by atoms with Crippen LogP contribution in [0.5, 0.6) is 0 Å². The first-order valence-corrected chi connectivity index (χ1v) is 5.55. The first-order chi connectivity index (χ1) is 6.38. The minimum atomic E-state index is -0.125. The highest BCUT2D eigenvalue weighted by molar-refractivity contribution is 5.66. The second kappa shape index (κ2) is 2.74. The number of carbonyl (C=O) groups is 1. The summed E-state index contributed by atoms with van der Waals surface area (Å²) in [6.45, 7) is 8.46. The quantitative estimate of drug-likeness (QED) is 0.603. The predicted molar refractivity (Wildman–Crippen MR) is 54.8 cm³/mol. The van der Waals surface area contributed by atoms with Gasteiger partial charge in [0, 0.05) is 12.3 Å². The summed E-state index contributed by atoms with van der Waals surface area (Å²) >= 11 is 0. The van der Waals surface area contributed by atoms with Gasteiger partial charge in [-0.25, -0.2) is 0 Å². The molecule has 2 bridgehead atoms. The van der Waals surface area contributed by atoms with E-state index in [1.165, 1.54) is 19.8 Å². The highest BCUT2D eigenvalue weighted by Gasteiger charge is 2.62. The number of carbonyl (C=O) groups excluding carboxylic acids is 1. The molecular weight excluding hydrogens is 176 g/mol. The molecule has 0 saturated heterocycles. The molecule has 0 unspecified atom stereocenters. The fourth-order valence-corrected chi connectivity index (χ4v) is 3.51. The Labute approximate surface area is 86.0 Å². The molecular formula is C12H20O2. The molecule has 2 fully saturated rings. The van der Waals surface area contributed by atoms with Crippen molar-refractivity contribution in [3.05, 3.63) is 0 Å². The molecule has 2 aliphatic rings. The summed E-state index contributed by atoms with van der Waals surface area (Å²) in [6, 6.07) is 0. The monoisotopic (exact) mass is 196 g/mol. The van der Waals surface area contributed by atoms with Gasteiger partial charge in [-0.1, -0.05) is 20.8 Å². The van der Waals surface area contributed by atoms with E-state index in [2.05, 4.69) is 20.8 Å². The average Bonchev–Trinajstić information content (AvgIpc) is 2.35. The van der Waals surface area contributed by atoms with E-state index < -0.39 is 0 Å². The van der Waals surface area contributed by atoms with Gasteiger partial charge in [-0.15, -0.1) is 0 Å². The Bertz CT molecular complexity index is 269. The summed E-state index contributed by atoms with van der Waals surface area (Å²) < 4.78 is 5.44. The molecule has 0 N–H and O–H groups in total. The topological polar surface area (TPSA) is 26.3 Å². The van der Waals surface area contributed by atoms with E-state index in [0.717, 1.165) is 12.3 Å². The number of ether oxygens (including phenoxy) is 1. The van der Waals surface area contributed by atoms with Gasteiger partial charge < -0.3 is 4.74 Å². The highest BCUT2D eigenvalue weighted by Crippen LogP contribution is 2.66. The Morgan fingerprint density at radius 1 is 1.36 bits per heavy atom. The van der Waals surface area contributed by atoms with Gasteiger partial charge in [-0.2, -0.15) is 0 Å². The zero-order chi connectivity index (χ0) is 10.6. The Kier molecular flexibility index (Phi) is 1.96. The van der Waals surface area contributed by atoms with Crippen LogP contribution in [0.1, 0.15) is 47.0 Å². The molecule has 3 atom stereocenters. The van der Waals surface area contributed by atoms with Crippen LogP contribution >= 0.6 is 0 Å². The summed E-state index contributed by atoms with van der Waals surface area (Å²) in [6.07, 6.45) is 3.75. The van der Waals surface area contributed by atoms with Gasteiger partial charge in [-0.3, -0.25) is 4.79 Å². The second-order valence-corrected chi connectivity index (χ2v) is 5.71. The van der Waals surface area contributed by atoms with Crippen LogP contribution in [0.15, 0.2) is 0 Å². The molecule has 2 aliphatic carbocycles. The summed E-state index contributed by atoms with van der Waals surface area (Å²) in [5.41, 5.74) is 0.552. The van der Waals surface area contributed by atoms with Crippen LogP contribution in [0.2, 0.25) is 0 Å². The van der Waals surface area contributed by atoms with Crippen LogP contribution in [0.4, 0.5) is 0 Å². The molecule has 14 heavy (non-hydrogen) atoms. The maximum Gasteiger partial charge on any atom is 0.302 e. The maximum atomic E-state index is 11.0. The molecule has 2 rings (SSSR count). The molecule has 2 saturated carbocycles. The molecule has 0 aliphatic heterocycles. The zero-order valence-electron chi connectivity index (χ0n) is 9.59. The van der Waals surface area contributed by atoms with Crippen LogP contribution in [-0.4, -0.2) is 12.1 Å². The molecule has 0 aromatic carbocycles. The second-order valence-electron chi connectivity index (χ2n) is 5.71. The lowest BCUT2D eigenvalue weighted by Crippen LogP contribution is -2.37. The third-order valence-electron chi connectivity index (χ3n) is 5.02. The van der Waals surface area contributed by atoms with E-state index in [0.29, 0.717) is 5.41 Å². The van der Waals surface area contributed by atoms with Crippen molar-refractivity contribution in [2.75, 3.05) is 0 Å². The molecule has 0 radical (unpaired) electrons. The Morgan fingerprint density at radius 2 is 2.00 bits per heavy atom. The zero-order valence-corrected chi connectivity index (χ0v) is 9.59. The van der Waals surface area contributed by atoms with Crippen LogP contribution < -0.4 is 0 Å². The molecule has 0 aromatic heterocycles. The van der Waals surface area contributed by atoms with Gasteiger partial charge >= 0.3 is 5.97 Å². The van der Waals surface area contributed by atoms with Crippen molar-refractivity contribution in [3.63, 3.8) is 0 Å². The van der Waals surface area contributed by atoms with Crippen LogP contribution in [0, 0.1) is 16.7 Å². The lowest BCUT2D eigenvalue weighted by molar-refractivity contribution is -0.154. The molecule has 2 heteroatoms. The van der Waals surface area contributed by atoms with Crippen molar-refractivity contribution in [3.8, 4) is 0 Å². The number of fused-ring (bicyclic) bond motifs is 2. The summed E-state index contributed by atoms with van der Waals surface area (Å²) in [4.78, 5) is 11.0. The number of hydrogen-bond donors (Lipinski definition) is 0. The van der Waals surface area contributed by atoms with E-state index in [4.69, 9.17) is 4.74 Å². The molecule has 0 aromatic rings. The third kappa shape index (κ3) is 1.06. The summed E-state index contributed by atoms with van der Waals surface area (Å²) in [5.74, 6) is 0.622. The molecule has 0 amide bonds. The van der Waals surface area contributed by atoms with Crippen molar-refractivity contribution >= 4 is 5.97 Å². The summed E-state index contributed by atoms with van der Waals surface area (Å²) in [5, 5.41) is 0. The predicted octanol–water partition coefficient (Wildman–Crippen LogP) is 2.76. The molecule has 2 nitrogen and oxygen atoms in total. The number of hydrogen-bond acceptors (Lipinski definition) is 2. The normalized spacial score (nSPS) is 44.0. The van der Waals surface area contributed by atoms with Crippen molar-refractivity contribution in [2.24, 2.45) is 16.7 Å². The third-order valence-corrected chi connectivity index (χ3v) is 5.02. The van der Waals surface area contributed by atoms with Gasteiger partial charge in [-0.05, 0) is 30.6 Å². The lowest BCUT2D eigenvalue weighted by Gasteiger charge is -2.38. The van der Waals surface area contributed by atoms with E-state index in [1.54, 1.807) is 0 Å². The average molecular weight is 196 g/mol. The standard InChI is InChI=1S/C12H20O2/c1-8(13)14-10-7-9-5-6-12(10,4)11(9,2)3/h9-10H,5-7H2,1-4H3/t9-,10+,12+/m0/s1. The first kappa shape index (κ1) is 10.0. The SMILES string of the molecule is CC(=O)O[C@@H]1C[C@@H]2CC[C@@]1(C)C2(C)C. The van der Waals surface area contributed by atoms with Crippen LogP contribution in [-0.2, 0) is 9.53 Å². The fourth-order valence-electron chi connectivity index (χ4n) is 3.51. The van der Waals surface area contributed by atoms with Gasteiger partial charge in [0.2, 0.25) is 0 Å². The van der Waals surface area contributed by atoms with Gasteiger partial charge in [0.15, 0.2) is 0 Å². The van der Waals surface area contributed by atoms with Crippen molar-refractivity contribution in [1.82, 2.24) is 0 Å². The lowest BCUT2D eigenvalue weighted by atomic mass is 9.70. The Morgan fingerprint density at radius 3 is 2.36 bits per heavy atom. The van der Waals surface area contributed by atoms with E-state index in [9.17, 15) is 4.79 Å². The highest BCUT2D eigenvalue weighted by atomic mass is 16.5. The Balaban J connectivity index is 2.23. The van der Waals surface area contributed by atoms with E-state index >= 15 is 0 Å². The van der Waals surface area contributed by atoms with Crippen LogP contribution in [0.3, 0.4) is 0 Å². The van der Waals surface area contributed by atoms with Crippen LogP contribution in [0.25, 0.3) is 0 Å². The van der Waals surface area contributed by atoms with Crippen molar-refractivity contribution in [2.45, 2.75) is 53.1 Å². The minimum Gasteiger partial charge on any atom is -0.462 e. The van der Waals surface area contributed by atoms with E-state index in [1.807, 2.05) is 0 Å². The maximum absolute atomic E-state index is 11.0. The first-order valence-electron chi connectivity index (χ1n) is 5.55. The van der Waals surface area contributed by atoms with Gasteiger partial charge in [0.25, 0.3) is 0 Å². The van der Waals surface area contributed by atoms with Gasteiger partial charge in [0.1, 0.15) is 6.10 Å². The van der Waals surface area contributed by atoms with Crippen molar-refractivity contribution in [1.29, 1.82) is 0 Å². The van der Waals surface area contributed by atoms with E-state index in [-0.39, 0.29) is 17.5 Å².